The lowest BCUT2D eigenvalue weighted by Gasteiger charge is -2.29. The topological polar surface area (TPSA) is 143 Å². The Kier molecular flexibility index (Phi) is 17.1. The Balaban J connectivity index is 1.58. The quantitative estimate of drug-likeness (QED) is 0.0728. The van der Waals surface area contributed by atoms with Crippen LogP contribution < -0.4 is 16.0 Å². The molecule has 4 N–H and O–H groups in total. The van der Waals surface area contributed by atoms with E-state index in [0.29, 0.717) is 51.5 Å². The fraction of sp³-hybridized carbons (Fsp3) is 0.487. The number of amides is 3. The molecule has 3 unspecified atom stereocenters. The first kappa shape index (κ1) is 39.0. The molecule has 0 spiro atoms. The minimum absolute atomic E-state index is 0.0415. The molecule has 0 aliphatic heterocycles. The molecule has 49 heavy (non-hydrogen) atoms. The third-order valence-corrected chi connectivity index (χ3v) is 8.87. The average Bonchev–Trinajstić information content (AvgIpc) is 3.58. The Bertz CT molecular complexity index is 1330. The van der Waals surface area contributed by atoms with Crippen LogP contribution in [0.5, 0.6) is 0 Å². The highest BCUT2D eigenvalue weighted by Crippen LogP contribution is 2.29. The van der Waals surface area contributed by atoms with Crippen molar-refractivity contribution in [3.8, 4) is 0 Å². The monoisotopic (exact) mass is 675 g/mol. The standard InChI is InChI=1S/C39H53N3O7/c1-3-15-32(26-35(44)42-39(29-43)22-12-13-23-39)36(45)41-34(21-11-14-24-40-38(47)49-27-31-19-9-6-10-20-31)28-48-37(46)33(16-4-2)25-30-17-7-5-8-18-30/h3-10,17-20,32-34,43H,1-2,11-16,21-29H2,(H,40,47)(H,41,45)(H,42,44). The minimum atomic E-state index is -0.680. The molecule has 2 aromatic carbocycles. The second-order valence-corrected chi connectivity index (χ2v) is 12.9. The fourth-order valence-corrected chi connectivity index (χ4v) is 6.09. The van der Waals surface area contributed by atoms with Crippen molar-refractivity contribution in [3.63, 3.8) is 0 Å². The number of aliphatic hydroxyl groups excluding tert-OH is 1. The van der Waals surface area contributed by atoms with Gasteiger partial charge >= 0.3 is 12.1 Å². The van der Waals surface area contributed by atoms with E-state index in [-0.39, 0.29) is 50.4 Å². The lowest BCUT2D eigenvalue weighted by Crippen LogP contribution is -2.50. The van der Waals surface area contributed by atoms with E-state index in [1.54, 1.807) is 12.2 Å². The molecule has 0 bridgehead atoms. The van der Waals surface area contributed by atoms with Gasteiger partial charge in [0.15, 0.2) is 0 Å². The van der Waals surface area contributed by atoms with Crippen LogP contribution in [0.3, 0.4) is 0 Å². The van der Waals surface area contributed by atoms with Gasteiger partial charge in [0.2, 0.25) is 11.8 Å². The summed E-state index contributed by atoms with van der Waals surface area (Å²) in [6, 6.07) is 18.6. The van der Waals surface area contributed by atoms with Crippen molar-refractivity contribution in [3.05, 3.63) is 97.1 Å². The summed E-state index contributed by atoms with van der Waals surface area (Å²) in [5.74, 6) is -2.11. The van der Waals surface area contributed by atoms with Crippen LogP contribution in [0, 0.1) is 11.8 Å². The first-order chi connectivity index (χ1) is 23.8. The molecule has 10 nitrogen and oxygen atoms in total. The van der Waals surface area contributed by atoms with Crippen LogP contribution in [0.1, 0.15) is 75.3 Å². The van der Waals surface area contributed by atoms with E-state index in [0.717, 1.165) is 24.0 Å². The molecule has 3 rings (SSSR count). The second-order valence-electron chi connectivity index (χ2n) is 12.9. The maximum atomic E-state index is 13.5. The third-order valence-electron chi connectivity index (χ3n) is 8.87. The molecule has 1 fully saturated rings. The van der Waals surface area contributed by atoms with Gasteiger partial charge in [-0.25, -0.2) is 4.79 Å². The molecule has 0 radical (unpaired) electrons. The van der Waals surface area contributed by atoms with E-state index in [1.165, 1.54) is 0 Å². The molecule has 3 atom stereocenters. The summed E-state index contributed by atoms with van der Waals surface area (Å²) < 4.78 is 11.0. The van der Waals surface area contributed by atoms with Crippen LogP contribution >= 0.6 is 0 Å². The van der Waals surface area contributed by atoms with Crippen molar-refractivity contribution < 1.29 is 33.8 Å². The molecule has 1 aliphatic carbocycles. The molecule has 266 valence electrons. The molecule has 0 aromatic heterocycles. The van der Waals surface area contributed by atoms with Crippen molar-refractivity contribution in [2.75, 3.05) is 19.8 Å². The summed E-state index contributed by atoms with van der Waals surface area (Å²) >= 11 is 0. The van der Waals surface area contributed by atoms with Gasteiger partial charge in [-0.1, -0.05) is 85.7 Å². The number of benzene rings is 2. The van der Waals surface area contributed by atoms with Crippen molar-refractivity contribution in [1.82, 2.24) is 16.0 Å². The first-order valence-corrected chi connectivity index (χ1v) is 17.4. The molecular formula is C39H53N3O7. The Morgan fingerprint density at radius 1 is 0.857 bits per heavy atom. The number of esters is 1. The van der Waals surface area contributed by atoms with Gasteiger partial charge in [0.05, 0.1) is 30.0 Å². The van der Waals surface area contributed by atoms with E-state index < -0.39 is 29.5 Å². The van der Waals surface area contributed by atoms with Gasteiger partial charge in [0, 0.05) is 13.0 Å². The maximum Gasteiger partial charge on any atom is 0.407 e. The zero-order chi connectivity index (χ0) is 35.3. The Labute approximate surface area is 290 Å². The predicted octanol–water partition coefficient (Wildman–Crippen LogP) is 5.55. The number of carbonyl (C=O) groups is 4. The average molecular weight is 676 g/mol. The molecular weight excluding hydrogens is 622 g/mol. The number of aliphatic hydroxyl groups is 1. The Morgan fingerprint density at radius 2 is 1.49 bits per heavy atom. The number of allylic oxidation sites excluding steroid dienone is 2. The van der Waals surface area contributed by atoms with Crippen LogP contribution in [-0.4, -0.2) is 60.3 Å². The van der Waals surface area contributed by atoms with Crippen LogP contribution in [-0.2, 0) is 36.9 Å². The summed E-state index contributed by atoms with van der Waals surface area (Å²) in [7, 11) is 0. The van der Waals surface area contributed by atoms with Gasteiger partial charge < -0.3 is 30.5 Å². The molecule has 3 amide bonds. The third kappa shape index (κ3) is 14.3. The number of alkyl carbamates (subject to hydrolysis) is 1. The number of hydrogen-bond acceptors (Lipinski definition) is 7. The van der Waals surface area contributed by atoms with Crippen molar-refractivity contribution >= 4 is 23.9 Å². The summed E-state index contributed by atoms with van der Waals surface area (Å²) in [5, 5.41) is 18.7. The van der Waals surface area contributed by atoms with Crippen LogP contribution in [0.25, 0.3) is 0 Å². The van der Waals surface area contributed by atoms with Gasteiger partial charge in [-0.3, -0.25) is 14.4 Å². The van der Waals surface area contributed by atoms with Crippen LogP contribution in [0.4, 0.5) is 4.79 Å². The second kappa shape index (κ2) is 21.5. The summed E-state index contributed by atoms with van der Waals surface area (Å²) in [6.07, 6.45) is 8.94. The SMILES string of the molecule is C=CCC(CC(=O)NC1(CO)CCCC1)C(=O)NC(CCCCNC(=O)OCc1ccccc1)COC(=O)C(CC=C)Cc1ccccc1. The normalized spacial score (nSPS) is 15.2. The number of carbonyl (C=O) groups excluding carboxylic acids is 4. The van der Waals surface area contributed by atoms with E-state index in [4.69, 9.17) is 9.47 Å². The van der Waals surface area contributed by atoms with Gasteiger partial charge in [-0.05, 0) is 62.5 Å². The largest absolute Gasteiger partial charge is 0.463 e. The Hall–Kier alpha value is -4.44. The first-order valence-electron chi connectivity index (χ1n) is 17.4. The van der Waals surface area contributed by atoms with E-state index >= 15 is 0 Å². The minimum Gasteiger partial charge on any atom is -0.463 e. The van der Waals surface area contributed by atoms with E-state index in [2.05, 4.69) is 29.1 Å². The van der Waals surface area contributed by atoms with Gasteiger partial charge in [-0.2, -0.15) is 0 Å². The van der Waals surface area contributed by atoms with Gasteiger partial charge in [-0.15, -0.1) is 13.2 Å². The van der Waals surface area contributed by atoms with Crippen LogP contribution in [0.15, 0.2) is 86.0 Å². The molecule has 10 heteroatoms. The number of hydrogen-bond donors (Lipinski definition) is 4. The molecule has 1 aliphatic rings. The lowest BCUT2D eigenvalue weighted by atomic mass is 9.95. The zero-order valence-corrected chi connectivity index (χ0v) is 28.6. The Morgan fingerprint density at radius 3 is 2.12 bits per heavy atom. The maximum absolute atomic E-state index is 13.5. The van der Waals surface area contributed by atoms with Crippen molar-refractivity contribution in [1.29, 1.82) is 0 Å². The number of nitrogens with one attached hydrogen (secondary N) is 3. The molecule has 0 saturated heterocycles. The highest BCUT2D eigenvalue weighted by atomic mass is 16.5. The molecule has 1 saturated carbocycles. The fourth-order valence-electron chi connectivity index (χ4n) is 6.09. The lowest BCUT2D eigenvalue weighted by molar-refractivity contribution is -0.150. The molecule has 0 heterocycles. The van der Waals surface area contributed by atoms with Crippen molar-refractivity contribution in [2.45, 2.75) is 88.8 Å². The number of unbranched alkanes of at least 4 members (excludes halogenated alkanes) is 1. The summed E-state index contributed by atoms with van der Waals surface area (Å²) in [6.45, 7) is 7.94. The predicted molar refractivity (Wildman–Crippen MR) is 189 cm³/mol. The van der Waals surface area contributed by atoms with Crippen LogP contribution in [0.2, 0.25) is 0 Å². The highest BCUT2D eigenvalue weighted by Gasteiger charge is 2.35. The van der Waals surface area contributed by atoms with E-state index in [9.17, 15) is 24.3 Å². The summed E-state index contributed by atoms with van der Waals surface area (Å²) in [5.41, 5.74) is 1.27. The smallest absolute Gasteiger partial charge is 0.407 e. The number of rotatable bonds is 22. The highest BCUT2D eigenvalue weighted by molar-refractivity contribution is 5.86. The van der Waals surface area contributed by atoms with Crippen molar-refractivity contribution in [2.24, 2.45) is 11.8 Å². The number of ether oxygens (including phenoxy) is 2. The van der Waals surface area contributed by atoms with E-state index in [1.807, 2.05) is 60.7 Å². The van der Waals surface area contributed by atoms with Gasteiger partial charge in [0.25, 0.3) is 0 Å². The molecule has 2 aromatic rings. The zero-order valence-electron chi connectivity index (χ0n) is 28.6. The summed E-state index contributed by atoms with van der Waals surface area (Å²) in [4.78, 5) is 51.9. The van der Waals surface area contributed by atoms with Gasteiger partial charge in [0.1, 0.15) is 13.2 Å².